The number of carbonyl (C=O) groups is 4. The van der Waals surface area contributed by atoms with Gasteiger partial charge in [-0.15, -0.1) is 0 Å². The number of carboxylic acids is 1. The number of hydrogen-bond acceptors (Lipinski definition) is 6. The SMILES string of the molecule is CCC(C)C(NC(=O)C(N)Cc1ccc(O)cc1)C(=O)NC(CC(C)C)C(=O)NC(Cc1ccccc1)C(=O)O. The topological polar surface area (TPSA) is 171 Å². The van der Waals surface area contributed by atoms with E-state index in [9.17, 15) is 29.4 Å². The zero-order valence-corrected chi connectivity index (χ0v) is 23.6. The Morgan fingerprint density at radius 3 is 1.90 bits per heavy atom. The van der Waals surface area contributed by atoms with Crippen molar-refractivity contribution in [2.75, 3.05) is 0 Å². The first-order valence-corrected chi connectivity index (χ1v) is 13.6. The van der Waals surface area contributed by atoms with Crippen LogP contribution in [-0.2, 0) is 32.0 Å². The molecular weight excluding hydrogens is 512 g/mol. The lowest BCUT2D eigenvalue weighted by Gasteiger charge is -2.28. The Morgan fingerprint density at radius 2 is 1.35 bits per heavy atom. The molecule has 0 saturated heterocycles. The molecule has 10 nitrogen and oxygen atoms in total. The summed E-state index contributed by atoms with van der Waals surface area (Å²) in [6.45, 7) is 7.48. The molecule has 5 unspecified atom stereocenters. The van der Waals surface area contributed by atoms with Crippen LogP contribution in [0.1, 0.15) is 51.7 Å². The minimum Gasteiger partial charge on any atom is -0.508 e. The fourth-order valence-corrected chi connectivity index (χ4v) is 4.23. The van der Waals surface area contributed by atoms with E-state index in [-0.39, 0.29) is 36.8 Å². The molecule has 0 saturated carbocycles. The largest absolute Gasteiger partial charge is 0.508 e. The van der Waals surface area contributed by atoms with Gasteiger partial charge in [-0.1, -0.05) is 76.6 Å². The molecule has 3 amide bonds. The highest BCUT2D eigenvalue weighted by Crippen LogP contribution is 2.14. The third kappa shape index (κ3) is 10.3. The van der Waals surface area contributed by atoms with Crippen molar-refractivity contribution in [1.29, 1.82) is 0 Å². The number of carboxylic acid groups (broad SMARTS) is 1. The fraction of sp³-hybridized carbons (Fsp3) is 0.467. The average Bonchev–Trinajstić information content (AvgIpc) is 2.91. The summed E-state index contributed by atoms with van der Waals surface area (Å²) in [5, 5.41) is 27.2. The first-order valence-electron chi connectivity index (χ1n) is 13.6. The minimum absolute atomic E-state index is 0.0174. The van der Waals surface area contributed by atoms with Crippen molar-refractivity contribution in [2.24, 2.45) is 17.6 Å². The summed E-state index contributed by atoms with van der Waals surface area (Å²) >= 11 is 0. The molecule has 0 fully saturated rings. The summed E-state index contributed by atoms with van der Waals surface area (Å²) in [4.78, 5) is 51.5. The summed E-state index contributed by atoms with van der Waals surface area (Å²) < 4.78 is 0. The number of carbonyl (C=O) groups excluding carboxylic acids is 3. The van der Waals surface area contributed by atoms with Crippen molar-refractivity contribution >= 4 is 23.7 Å². The maximum Gasteiger partial charge on any atom is 0.326 e. The van der Waals surface area contributed by atoms with Gasteiger partial charge in [0.2, 0.25) is 17.7 Å². The lowest BCUT2D eigenvalue weighted by atomic mass is 9.96. The fourth-order valence-electron chi connectivity index (χ4n) is 4.23. The Labute approximate surface area is 235 Å². The second kappa shape index (κ2) is 15.6. The molecule has 0 heterocycles. The Morgan fingerprint density at radius 1 is 0.775 bits per heavy atom. The smallest absolute Gasteiger partial charge is 0.326 e. The molecule has 0 aliphatic rings. The van der Waals surface area contributed by atoms with Crippen LogP contribution in [0.2, 0.25) is 0 Å². The van der Waals surface area contributed by atoms with Gasteiger partial charge in [-0.05, 0) is 47.9 Å². The van der Waals surface area contributed by atoms with Crippen LogP contribution in [0.5, 0.6) is 5.75 Å². The number of phenolic OH excluding ortho intramolecular Hbond substituents is 1. The van der Waals surface area contributed by atoms with Crippen LogP contribution >= 0.6 is 0 Å². The van der Waals surface area contributed by atoms with Gasteiger partial charge in [-0.25, -0.2) is 4.79 Å². The van der Waals surface area contributed by atoms with E-state index in [2.05, 4.69) is 16.0 Å². The molecular formula is C30H42N4O6. The van der Waals surface area contributed by atoms with Gasteiger partial charge in [0.15, 0.2) is 0 Å². The normalized spacial score (nSPS) is 14.8. The summed E-state index contributed by atoms with van der Waals surface area (Å²) in [6.07, 6.45) is 1.15. The van der Waals surface area contributed by atoms with Gasteiger partial charge < -0.3 is 31.9 Å². The molecule has 0 radical (unpaired) electrons. The van der Waals surface area contributed by atoms with Crippen molar-refractivity contribution in [3.8, 4) is 5.75 Å². The molecule has 7 N–H and O–H groups in total. The Hall–Kier alpha value is -3.92. The minimum atomic E-state index is -1.18. The number of hydrogen-bond donors (Lipinski definition) is 6. The molecule has 2 aromatic rings. The first-order chi connectivity index (χ1) is 18.9. The Bertz CT molecular complexity index is 1120. The van der Waals surface area contributed by atoms with Crippen molar-refractivity contribution in [2.45, 2.75) is 77.5 Å². The van der Waals surface area contributed by atoms with Crippen molar-refractivity contribution in [1.82, 2.24) is 16.0 Å². The molecule has 0 bridgehead atoms. The molecule has 2 aromatic carbocycles. The van der Waals surface area contributed by atoms with Crippen molar-refractivity contribution < 1.29 is 29.4 Å². The van der Waals surface area contributed by atoms with Gasteiger partial charge in [-0.2, -0.15) is 0 Å². The third-order valence-corrected chi connectivity index (χ3v) is 6.76. The van der Waals surface area contributed by atoms with Crippen LogP contribution in [0.15, 0.2) is 54.6 Å². The summed E-state index contributed by atoms with van der Waals surface area (Å²) in [6, 6.07) is 11.2. The number of rotatable bonds is 15. The number of nitrogens with two attached hydrogens (primary N) is 1. The zero-order chi connectivity index (χ0) is 29.8. The number of benzene rings is 2. The van der Waals surface area contributed by atoms with Gasteiger partial charge in [0.05, 0.1) is 6.04 Å². The molecule has 218 valence electrons. The second-order valence-electron chi connectivity index (χ2n) is 10.6. The third-order valence-electron chi connectivity index (χ3n) is 6.76. The molecule has 5 atom stereocenters. The summed E-state index contributed by atoms with van der Waals surface area (Å²) in [5.41, 5.74) is 7.62. The van der Waals surface area contributed by atoms with Gasteiger partial charge in [0, 0.05) is 6.42 Å². The molecule has 0 aromatic heterocycles. The van der Waals surface area contributed by atoms with Gasteiger partial charge in [0.25, 0.3) is 0 Å². The van der Waals surface area contributed by atoms with E-state index in [1.807, 2.05) is 33.8 Å². The van der Waals surface area contributed by atoms with Gasteiger partial charge >= 0.3 is 5.97 Å². The van der Waals surface area contributed by atoms with E-state index < -0.39 is 47.9 Å². The standard InChI is InChI=1S/C30H42N4O6/c1-5-19(4)26(34-27(36)23(31)16-21-11-13-22(35)14-12-21)29(38)32-24(15-18(2)3)28(37)33-25(30(39)40)17-20-9-7-6-8-10-20/h6-14,18-19,23-26,35H,5,15-17,31H2,1-4H3,(H,32,38)(H,33,37)(H,34,36)(H,39,40). The predicted octanol–water partition coefficient (Wildman–Crippen LogP) is 2.14. The molecule has 0 spiro atoms. The number of phenols is 1. The van der Waals surface area contributed by atoms with Gasteiger partial charge in [0.1, 0.15) is 23.9 Å². The monoisotopic (exact) mass is 554 g/mol. The lowest BCUT2D eigenvalue weighted by molar-refractivity contribution is -0.142. The highest BCUT2D eigenvalue weighted by Gasteiger charge is 2.33. The molecule has 0 aliphatic heterocycles. The van der Waals surface area contributed by atoms with Crippen LogP contribution in [-0.4, -0.2) is 58.1 Å². The maximum absolute atomic E-state index is 13.4. The maximum atomic E-state index is 13.4. The number of amides is 3. The Kier molecular flexibility index (Phi) is 12.6. The van der Waals surface area contributed by atoms with E-state index in [1.54, 1.807) is 36.4 Å². The van der Waals surface area contributed by atoms with Crippen LogP contribution < -0.4 is 21.7 Å². The first kappa shape index (κ1) is 32.3. The zero-order valence-electron chi connectivity index (χ0n) is 23.6. The molecule has 10 heteroatoms. The van der Waals surface area contributed by atoms with Crippen LogP contribution in [0.3, 0.4) is 0 Å². The van der Waals surface area contributed by atoms with Crippen molar-refractivity contribution in [3.63, 3.8) is 0 Å². The number of aliphatic carboxylic acids is 1. The van der Waals surface area contributed by atoms with Crippen LogP contribution in [0, 0.1) is 11.8 Å². The van der Waals surface area contributed by atoms with E-state index in [0.717, 1.165) is 11.1 Å². The highest BCUT2D eigenvalue weighted by molar-refractivity contribution is 5.94. The second-order valence-corrected chi connectivity index (χ2v) is 10.6. The lowest BCUT2D eigenvalue weighted by Crippen LogP contribution is -2.59. The summed E-state index contributed by atoms with van der Waals surface area (Å²) in [7, 11) is 0. The summed E-state index contributed by atoms with van der Waals surface area (Å²) in [5.74, 6) is -3.00. The Balaban J connectivity index is 2.13. The van der Waals surface area contributed by atoms with E-state index in [4.69, 9.17) is 5.73 Å². The number of nitrogens with one attached hydrogen (secondary N) is 3. The predicted molar refractivity (Wildman–Crippen MR) is 152 cm³/mol. The molecule has 0 aliphatic carbocycles. The average molecular weight is 555 g/mol. The van der Waals surface area contributed by atoms with Crippen LogP contribution in [0.25, 0.3) is 0 Å². The molecule has 40 heavy (non-hydrogen) atoms. The van der Waals surface area contributed by atoms with E-state index >= 15 is 0 Å². The number of aromatic hydroxyl groups is 1. The van der Waals surface area contributed by atoms with Crippen molar-refractivity contribution in [3.05, 3.63) is 65.7 Å². The molecule has 2 rings (SSSR count). The van der Waals surface area contributed by atoms with Crippen LogP contribution in [0.4, 0.5) is 0 Å². The van der Waals surface area contributed by atoms with Gasteiger partial charge in [-0.3, -0.25) is 14.4 Å². The van der Waals surface area contributed by atoms with E-state index in [0.29, 0.717) is 6.42 Å². The van der Waals surface area contributed by atoms with E-state index in [1.165, 1.54) is 12.1 Å². The quantitative estimate of drug-likeness (QED) is 0.196. The highest BCUT2D eigenvalue weighted by atomic mass is 16.4.